The number of hydrogen-bond acceptors (Lipinski definition) is 2. The molecule has 0 spiro atoms. The van der Waals surface area contributed by atoms with E-state index in [4.69, 9.17) is 10.2 Å². The molecular weight excluding hydrogens is 212 g/mol. The average molecular weight is 232 g/mol. The molecule has 16 heavy (non-hydrogen) atoms. The molecule has 3 atom stereocenters. The Balaban J connectivity index is 4.36. The molecule has 3 unspecified atom stereocenters. The van der Waals surface area contributed by atoms with Gasteiger partial charge in [-0.3, -0.25) is 0 Å². The fraction of sp³-hybridized carbons (Fsp3) is 0.800. The highest BCUT2D eigenvalue weighted by molar-refractivity contribution is 5.65. The minimum absolute atomic E-state index is 0.0813. The zero-order chi connectivity index (χ0) is 12.7. The van der Waals surface area contributed by atoms with Crippen molar-refractivity contribution < 1.29 is 19.8 Å². The summed E-state index contributed by atoms with van der Waals surface area (Å²) in [7, 11) is 0. The highest BCUT2D eigenvalue weighted by Crippen LogP contribution is 2.15. The van der Waals surface area contributed by atoms with Crippen LogP contribution in [0.1, 0.15) is 27.2 Å². The maximum Gasteiger partial charge on any atom is 0.404 e. The Morgan fingerprint density at radius 1 is 1.12 bits per heavy atom. The van der Waals surface area contributed by atoms with Gasteiger partial charge in [0.25, 0.3) is 0 Å². The lowest BCUT2D eigenvalue weighted by Gasteiger charge is -2.28. The van der Waals surface area contributed by atoms with Gasteiger partial charge in [-0.1, -0.05) is 27.2 Å². The van der Waals surface area contributed by atoms with Crippen molar-refractivity contribution in [3.8, 4) is 0 Å². The minimum atomic E-state index is -1.09. The van der Waals surface area contributed by atoms with Crippen molar-refractivity contribution in [2.45, 2.75) is 33.2 Å². The summed E-state index contributed by atoms with van der Waals surface area (Å²) in [5, 5.41) is 21.9. The molecule has 6 nitrogen and oxygen atoms in total. The molecular formula is C10H20N2O4. The first-order chi connectivity index (χ1) is 7.38. The zero-order valence-corrected chi connectivity index (χ0v) is 9.86. The Morgan fingerprint density at radius 3 is 2.06 bits per heavy atom. The molecule has 0 aromatic heterocycles. The van der Waals surface area contributed by atoms with Crippen molar-refractivity contribution in [2.75, 3.05) is 6.54 Å². The van der Waals surface area contributed by atoms with Crippen LogP contribution in [0.3, 0.4) is 0 Å². The van der Waals surface area contributed by atoms with Gasteiger partial charge in [-0.05, 0) is 11.8 Å². The van der Waals surface area contributed by atoms with E-state index in [-0.39, 0.29) is 24.4 Å². The first-order valence-corrected chi connectivity index (χ1v) is 5.34. The fourth-order valence-corrected chi connectivity index (χ4v) is 1.62. The molecule has 0 saturated heterocycles. The first-order valence-electron chi connectivity index (χ1n) is 5.34. The maximum absolute atomic E-state index is 10.6. The van der Waals surface area contributed by atoms with E-state index >= 15 is 0 Å². The highest BCUT2D eigenvalue weighted by atomic mass is 16.4. The van der Waals surface area contributed by atoms with Crippen molar-refractivity contribution in [3.05, 3.63) is 0 Å². The number of amides is 2. The Kier molecular flexibility index (Phi) is 6.29. The lowest BCUT2D eigenvalue weighted by atomic mass is 9.89. The zero-order valence-electron chi connectivity index (χ0n) is 9.86. The van der Waals surface area contributed by atoms with E-state index in [0.717, 1.165) is 6.42 Å². The van der Waals surface area contributed by atoms with Gasteiger partial charge in [-0.25, -0.2) is 9.59 Å². The number of carboxylic acid groups (broad SMARTS) is 2. The van der Waals surface area contributed by atoms with E-state index in [9.17, 15) is 9.59 Å². The SMILES string of the molecule is CCC(C)C(NC(=O)O)C(C)CNC(=O)O. The van der Waals surface area contributed by atoms with Crippen molar-refractivity contribution in [3.63, 3.8) is 0 Å². The molecule has 0 bridgehead atoms. The van der Waals surface area contributed by atoms with Gasteiger partial charge < -0.3 is 20.8 Å². The number of carbonyl (C=O) groups is 2. The molecule has 6 heteroatoms. The molecule has 94 valence electrons. The number of rotatable bonds is 6. The van der Waals surface area contributed by atoms with Gasteiger partial charge in [0.2, 0.25) is 0 Å². The third kappa shape index (κ3) is 5.43. The summed E-state index contributed by atoms with van der Waals surface area (Å²) >= 11 is 0. The second-order valence-corrected chi connectivity index (χ2v) is 4.02. The second kappa shape index (κ2) is 6.92. The summed E-state index contributed by atoms with van der Waals surface area (Å²) in [6.45, 7) is 5.98. The van der Waals surface area contributed by atoms with Crippen LogP contribution in [-0.2, 0) is 0 Å². The average Bonchev–Trinajstić information content (AvgIpc) is 2.21. The summed E-state index contributed by atoms with van der Waals surface area (Å²) in [6, 6.07) is -0.241. The normalized spacial score (nSPS) is 15.9. The van der Waals surface area contributed by atoms with E-state index in [2.05, 4.69) is 10.6 Å². The van der Waals surface area contributed by atoms with Crippen molar-refractivity contribution in [1.82, 2.24) is 10.6 Å². The predicted molar refractivity (Wildman–Crippen MR) is 59.6 cm³/mol. The van der Waals surface area contributed by atoms with Crippen LogP contribution >= 0.6 is 0 Å². The van der Waals surface area contributed by atoms with Crippen LogP contribution in [-0.4, -0.2) is 35.0 Å². The topological polar surface area (TPSA) is 98.7 Å². The van der Waals surface area contributed by atoms with Gasteiger partial charge in [0, 0.05) is 12.6 Å². The molecule has 0 radical (unpaired) electrons. The molecule has 2 amide bonds. The lowest BCUT2D eigenvalue weighted by molar-refractivity contribution is 0.172. The highest BCUT2D eigenvalue weighted by Gasteiger charge is 2.24. The molecule has 0 aliphatic carbocycles. The largest absolute Gasteiger partial charge is 0.465 e. The van der Waals surface area contributed by atoms with Crippen LogP contribution in [0.2, 0.25) is 0 Å². The molecule has 0 rings (SSSR count). The second-order valence-electron chi connectivity index (χ2n) is 4.02. The number of nitrogens with one attached hydrogen (secondary N) is 2. The monoisotopic (exact) mass is 232 g/mol. The molecule has 0 heterocycles. The smallest absolute Gasteiger partial charge is 0.404 e. The van der Waals surface area contributed by atoms with Gasteiger partial charge in [0.1, 0.15) is 0 Å². The van der Waals surface area contributed by atoms with Crippen molar-refractivity contribution in [2.24, 2.45) is 11.8 Å². The Morgan fingerprint density at radius 2 is 1.69 bits per heavy atom. The minimum Gasteiger partial charge on any atom is -0.465 e. The van der Waals surface area contributed by atoms with E-state index in [1.54, 1.807) is 0 Å². The summed E-state index contributed by atoms with van der Waals surface area (Å²) in [6.07, 6.45) is -1.33. The summed E-state index contributed by atoms with van der Waals surface area (Å²) in [4.78, 5) is 21.0. The van der Waals surface area contributed by atoms with Crippen LogP contribution in [0.15, 0.2) is 0 Å². The maximum atomic E-state index is 10.6. The summed E-state index contributed by atoms with van der Waals surface area (Å²) < 4.78 is 0. The van der Waals surface area contributed by atoms with Gasteiger partial charge >= 0.3 is 12.2 Å². The number of hydrogen-bond donors (Lipinski definition) is 4. The summed E-state index contributed by atoms with van der Waals surface area (Å²) in [5.74, 6) is 0.0869. The Labute approximate surface area is 95.0 Å². The molecule has 0 saturated carbocycles. The molecule has 0 aromatic carbocycles. The van der Waals surface area contributed by atoms with Gasteiger partial charge in [0.15, 0.2) is 0 Å². The Hall–Kier alpha value is -1.46. The molecule has 0 aromatic rings. The van der Waals surface area contributed by atoms with Crippen LogP contribution in [0, 0.1) is 11.8 Å². The van der Waals surface area contributed by atoms with Crippen LogP contribution in [0.25, 0.3) is 0 Å². The van der Waals surface area contributed by atoms with Crippen molar-refractivity contribution >= 4 is 12.2 Å². The third-order valence-corrected chi connectivity index (χ3v) is 2.74. The van der Waals surface area contributed by atoms with E-state index < -0.39 is 12.2 Å². The van der Waals surface area contributed by atoms with Gasteiger partial charge in [-0.15, -0.1) is 0 Å². The first kappa shape index (κ1) is 14.5. The standard InChI is InChI=1S/C10H20N2O4/c1-4-6(2)8(12-10(15)16)7(3)5-11-9(13)14/h6-8,11-12H,4-5H2,1-3H3,(H,13,14)(H,15,16). The van der Waals surface area contributed by atoms with E-state index in [1.807, 2.05) is 20.8 Å². The van der Waals surface area contributed by atoms with Gasteiger partial charge in [0.05, 0.1) is 0 Å². The quantitative estimate of drug-likeness (QED) is 0.558. The Bertz CT molecular complexity index is 245. The van der Waals surface area contributed by atoms with Crippen molar-refractivity contribution in [1.29, 1.82) is 0 Å². The van der Waals surface area contributed by atoms with Crippen LogP contribution < -0.4 is 10.6 Å². The fourth-order valence-electron chi connectivity index (χ4n) is 1.62. The lowest BCUT2D eigenvalue weighted by Crippen LogP contribution is -2.46. The summed E-state index contributed by atoms with van der Waals surface area (Å²) in [5.41, 5.74) is 0. The molecule has 4 N–H and O–H groups in total. The van der Waals surface area contributed by atoms with Gasteiger partial charge in [-0.2, -0.15) is 0 Å². The molecule has 0 aliphatic heterocycles. The molecule has 0 aliphatic rings. The van der Waals surface area contributed by atoms with Crippen LogP contribution in [0.4, 0.5) is 9.59 Å². The van der Waals surface area contributed by atoms with Crippen LogP contribution in [0.5, 0.6) is 0 Å². The third-order valence-electron chi connectivity index (χ3n) is 2.74. The predicted octanol–water partition coefficient (Wildman–Crippen LogP) is 1.57. The molecule has 0 fully saturated rings. The van der Waals surface area contributed by atoms with E-state index in [0.29, 0.717) is 0 Å². The van der Waals surface area contributed by atoms with E-state index in [1.165, 1.54) is 0 Å².